The van der Waals surface area contributed by atoms with Crippen molar-refractivity contribution >= 4 is 28.2 Å². The average Bonchev–Trinajstić information content (AvgIpc) is 3.24. The van der Waals surface area contributed by atoms with E-state index in [0.717, 1.165) is 23.1 Å². The van der Waals surface area contributed by atoms with Crippen LogP contribution in [0.4, 0.5) is 5.00 Å². The largest absolute Gasteiger partial charge is 0.465 e. The van der Waals surface area contributed by atoms with Crippen LogP contribution < -0.4 is 5.32 Å². The van der Waals surface area contributed by atoms with Gasteiger partial charge in [-0.1, -0.05) is 29.8 Å². The van der Waals surface area contributed by atoms with Crippen LogP contribution in [0.2, 0.25) is 0 Å². The fourth-order valence-corrected chi connectivity index (χ4v) is 3.64. The molecule has 1 aliphatic rings. The van der Waals surface area contributed by atoms with Crippen LogP contribution in [-0.2, 0) is 14.3 Å². The summed E-state index contributed by atoms with van der Waals surface area (Å²) in [5.74, 6) is -0.676. The second-order valence-electron chi connectivity index (χ2n) is 5.70. The van der Waals surface area contributed by atoms with Gasteiger partial charge in [0.15, 0.2) is 0 Å². The SMILES string of the molecule is COC(=O)c1c(-c2ccc(C)cc2)csc1NC(=O)C1CCCO1. The van der Waals surface area contributed by atoms with Gasteiger partial charge in [-0.25, -0.2) is 4.79 Å². The number of benzene rings is 1. The molecule has 1 aliphatic heterocycles. The van der Waals surface area contributed by atoms with Crippen molar-refractivity contribution in [3.8, 4) is 11.1 Å². The molecule has 0 saturated carbocycles. The molecule has 2 aromatic rings. The Hall–Kier alpha value is -2.18. The number of esters is 1. The van der Waals surface area contributed by atoms with E-state index in [1.807, 2.05) is 36.6 Å². The van der Waals surface area contributed by atoms with E-state index in [2.05, 4.69) is 5.32 Å². The first-order chi connectivity index (χ1) is 11.6. The monoisotopic (exact) mass is 345 g/mol. The van der Waals surface area contributed by atoms with E-state index in [-0.39, 0.29) is 5.91 Å². The van der Waals surface area contributed by atoms with Crippen LogP contribution in [0.25, 0.3) is 11.1 Å². The maximum absolute atomic E-state index is 12.3. The van der Waals surface area contributed by atoms with Gasteiger partial charge in [0, 0.05) is 17.6 Å². The van der Waals surface area contributed by atoms with E-state index in [0.29, 0.717) is 23.6 Å². The number of amides is 1. The summed E-state index contributed by atoms with van der Waals surface area (Å²) in [7, 11) is 1.34. The number of aryl methyl sites for hydroxylation is 1. The van der Waals surface area contributed by atoms with Gasteiger partial charge in [0.2, 0.25) is 0 Å². The average molecular weight is 345 g/mol. The molecule has 0 bridgehead atoms. The topological polar surface area (TPSA) is 64.6 Å². The Morgan fingerprint density at radius 2 is 2.04 bits per heavy atom. The maximum atomic E-state index is 12.3. The van der Waals surface area contributed by atoms with Crippen LogP contribution in [0.3, 0.4) is 0 Å². The van der Waals surface area contributed by atoms with Crippen molar-refractivity contribution in [2.75, 3.05) is 19.0 Å². The highest BCUT2D eigenvalue weighted by atomic mass is 32.1. The molecule has 1 amide bonds. The molecule has 1 fully saturated rings. The highest BCUT2D eigenvalue weighted by Gasteiger charge is 2.27. The zero-order chi connectivity index (χ0) is 17.1. The number of rotatable bonds is 4. The third-order valence-corrected chi connectivity index (χ3v) is 4.90. The fraction of sp³-hybridized carbons (Fsp3) is 0.333. The van der Waals surface area contributed by atoms with Crippen LogP contribution >= 0.6 is 11.3 Å². The van der Waals surface area contributed by atoms with Gasteiger partial charge < -0.3 is 14.8 Å². The smallest absolute Gasteiger partial charge is 0.341 e. The summed E-state index contributed by atoms with van der Waals surface area (Å²) in [6.45, 7) is 2.60. The van der Waals surface area contributed by atoms with Gasteiger partial charge >= 0.3 is 5.97 Å². The number of nitrogens with one attached hydrogen (secondary N) is 1. The molecule has 1 aromatic heterocycles. The maximum Gasteiger partial charge on any atom is 0.341 e. The quantitative estimate of drug-likeness (QED) is 0.860. The van der Waals surface area contributed by atoms with Crippen LogP contribution in [0.15, 0.2) is 29.6 Å². The molecule has 1 saturated heterocycles. The summed E-state index contributed by atoms with van der Waals surface area (Å²) < 4.78 is 10.3. The third kappa shape index (κ3) is 3.34. The molecule has 1 atom stereocenters. The van der Waals surface area contributed by atoms with E-state index >= 15 is 0 Å². The molecule has 5 nitrogen and oxygen atoms in total. The minimum Gasteiger partial charge on any atom is -0.465 e. The van der Waals surface area contributed by atoms with E-state index in [1.165, 1.54) is 18.4 Å². The Morgan fingerprint density at radius 1 is 1.29 bits per heavy atom. The molecule has 3 rings (SSSR count). The van der Waals surface area contributed by atoms with E-state index in [9.17, 15) is 9.59 Å². The van der Waals surface area contributed by atoms with Gasteiger partial charge in [-0.15, -0.1) is 11.3 Å². The first kappa shape index (κ1) is 16.7. The summed E-state index contributed by atoms with van der Waals surface area (Å²) in [4.78, 5) is 24.5. The van der Waals surface area contributed by atoms with E-state index in [1.54, 1.807) is 0 Å². The summed E-state index contributed by atoms with van der Waals surface area (Å²) >= 11 is 1.32. The number of thiophene rings is 1. The minimum absolute atomic E-state index is 0.213. The van der Waals surface area contributed by atoms with Crippen molar-refractivity contribution in [3.05, 3.63) is 40.8 Å². The number of anilines is 1. The Kier molecular flexibility index (Phi) is 4.97. The number of hydrogen-bond donors (Lipinski definition) is 1. The molecule has 24 heavy (non-hydrogen) atoms. The molecule has 0 radical (unpaired) electrons. The highest BCUT2D eigenvalue weighted by molar-refractivity contribution is 7.15. The molecular weight excluding hydrogens is 326 g/mol. The Labute approximate surface area is 144 Å². The zero-order valence-corrected chi connectivity index (χ0v) is 14.4. The van der Waals surface area contributed by atoms with Crippen molar-refractivity contribution < 1.29 is 19.1 Å². The van der Waals surface area contributed by atoms with Gasteiger partial charge in [-0.05, 0) is 25.3 Å². The van der Waals surface area contributed by atoms with Gasteiger partial charge in [0.25, 0.3) is 5.91 Å². The van der Waals surface area contributed by atoms with Crippen LogP contribution in [0, 0.1) is 6.92 Å². The lowest BCUT2D eigenvalue weighted by molar-refractivity contribution is -0.124. The van der Waals surface area contributed by atoms with Gasteiger partial charge in [0.05, 0.1) is 7.11 Å². The highest BCUT2D eigenvalue weighted by Crippen LogP contribution is 2.36. The molecule has 2 heterocycles. The zero-order valence-electron chi connectivity index (χ0n) is 13.6. The lowest BCUT2D eigenvalue weighted by atomic mass is 10.0. The molecule has 1 N–H and O–H groups in total. The molecule has 6 heteroatoms. The number of carbonyl (C=O) groups excluding carboxylic acids is 2. The van der Waals surface area contributed by atoms with Crippen molar-refractivity contribution in [3.63, 3.8) is 0 Å². The molecule has 126 valence electrons. The minimum atomic E-state index is -0.463. The molecule has 1 unspecified atom stereocenters. The Balaban J connectivity index is 1.93. The molecular formula is C18H19NO4S. The Morgan fingerprint density at radius 3 is 2.67 bits per heavy atom. The first-order valence-corrected chi connectivity index (χ1v) is 8.67. The van der Waals surface area contributed by atoms with Gasteiger partial charge in [-0.3, -0.25) is 4.79 Å². The van der Waals surface area contributed by atoms with Crippen LogP contribution in [0.5, 0.6) is 0 Å². The lowest BCUT2D eigenvalue weighted by Gasteiger charge is -2.11. The standard InChI is InChI=1S/C18H19NO4S/c1-11-5-7-12(8-6-11)13-10-24-17(15(13)18(21)22-2)19-16(20)14-4-3-9-23-14/h5-8,10,14H,3-4,9H2,1-2H3,(H,19,20). The van der Waals surface area contributed by atoms with Crippen molar-refractivity contribution in [1.29, 1.82) is 0 Å². The van der Waals surface area contributed by atoms with E-state index < -0.39 is 12.1 Å². The summed E-state index contributed by atoms with van der Waals surface area (Å²) in [5.41, 5.74) is 3.20. The summed E-state index contributed by atoms with van der Waals surface area (Å²) in [6.07, 6.45) is 1.14. The number of hydrogen-bond acceptors (Lipinski definition) is 5. The van der Waals surface area contributed by atoms with E-state index in [4.69, 9.17) is 9.47 Å². The predicted molar refractivity (Wildman–Crippen MR) is 93.4 cm³/mol. The lowest BCUT2D eigenvalue weighted by Crippen LogP contribution is -2.27. The second kappa shape index (κ2) is 7.15. The van der Waals surface area contributed by atoms with Gasteiger partial charge in [0.1, 0.15) is 16.7 Å². The second-order valence-corrected chi connectivity index (χ2v) is 6.58. The van der Waals surface area contributed by atoms with Crippen molar-refractivity contribution in [1.82, 2.24) is 0 Å². The Bertz CT molecular complexity index is 745. The summed E-state index contributed by atoms with van der Waals surface area (Å²) in [5, 5.41) is 5.18. The van der Waals surface area contributed by atoms with Crippen molar-refractivity contribution in [2.45, 2.75) is 25.9 Å². The van der Waals surface area contributed by atoms with Gasteiger partial charge in [-0.2, -0.15) is 0 Å². The number of ether oxygens (including phenoxy) is 2. The fourth-order valence-electron chi connectivity index (χ4n) is 2.68. The van der Waals surface area contributed by atoms with Crippen LogP contribution in [-0.4, -0.2) is 31.7 Å². The normalized spacial score (nSPS) is 16.8. The molecule has 0 aliphatic carbocycles. The number of methoxy groups -OCH3 is 1. The third-order valence-electron chi connectivity index (χ3n) is 4.00. The van der Waals surface area contributed by atoms with Crippen molar-refractivity contribution in [2.24, 2.45) is 0 Å². The van der Waals surface area contributed by atoms with Crippen LogP contribution in [0.1, 0.15) is 28.8 Å². The molecule has 0 spiro atoms. The molecule has 1 aromatic carbocycles. The number of carbonyl (C=O) groups is 2. The first-order valence-electron chi connectivity index (χ1n) is 7.79. The summed E-state index contributed by atoms with van der Waals surface area (Å²) in [6, 6.07) is 7.88. The predicted octanol–water partition coefficient (Wildman–Crippen LogP) is 3.63.